The van der Waals surface area contributed by atoms with Gasteiger partial charge in [0.15, 0.2) is 0 Å². The molecule has 0 atom stereocenters. The highest BCUT2D eigenvalue weighted by atomic mass is 16.4. The zero-order valence-corrected chi connectivity index (χ0v) is 10.7. The summed E-state index contributed by atoms with van der Waals surface area (Å²) in [6.07, 6.45) is 1.47. The largest absolute Gasteiger partial charge is 0.478 e. The molecule has 0 bridgehead atoms. The average Bonchev–Trinajstić information content (AvgIpc) is 2.42. The first-order valence-corrected chi connectivity index (χ1v) is 5.79. The third-order valence-corrected chi connectivity index (χ3v) is 2.77. The van der Waals surface area contributed by atoms with Gasteiger partial charge in [0.05, 0.1) is 11.3 Å². The van der Waals surface area contributed by atoms with Crippen LogP contribution in [0.5, 0.6) is 0 Å². The van der Waals surface area contributed by atoms with E-state index < -0.39 is 11.9 Å². The second-order valence-electron chi connectivity index (χ2n) is 4.17. The van der Waals surface area contributed by atoms with Crippen LogP contribution in [0, 0.1) is 0 Å². The monoisotopic (exact) mass is 272 g/mol. The van der Waals surface area contributed by atoms with Gasteiger partial charge < -0.3 is 15.0 Å². The molecule has 2 rings (SSSR count). The number of hydrogen-bond acceptors (Lipinski definition) is 3. The van der Waals surface area contributed by atoms with Gasteiger partial charge in [-0.05, 0) is 18.2 Å². The molecule has 102 valence electrons. The van der Waals surface area contributed by atoms with Gasteiger partial charge >= 0.3 is 5.97 Å². The zero-order valence-electron chi connectivity index (χ0n) is 10.7. The lowest BCUT2D eigenvalue weighted by Crippen LogP contribution is -2.20. The topological polar surface area (TPSA) is 88.4 Å². The van der Waals surface area contributed by atoms with Gasteiger partial charge in [-0.25, -0.2) is 4.79 Å². The van der Waals surface area contributed by atoms with Crippen LogP contribution < -0.4 is 10.9 Å². The van der Waals surface area contributed by atoms with E-state index >= 15 is 0 Å². The first kappa shape index (κ1) is 13.5. The van der Waals surface area contributed by atoms with Crippen molar-refractivity contribution in [2.45, 2.75) is 0 Å². The molecule has 0 aliphatic carbocycles. The molecule has 0 radical (unpaired) electrons. The molecule has 1 amide bonds. The van der Waals surface area contributed by atoms with Crippen molar-refractivity contribution in [2.75, 3.05) is 5.32 Å². The fraction of sp³-hybridized carbons (Fsp3) is 0.0714. The first-order valence-electron chi connectivity index (χ1n) is 5.79. The molecule has 6 nitrogen and oxygen atoms in total. The SMILES string of the molecule is Cn1ccc(C(=O)Nc2ccccc2C(=O)O)cc1=O. The number of benzene rings is 1. The molecule has 2 N–H and O–H groups in total. The van der Waals surface area contributed by atoms with Crippen LogP contribution in [0.3, 0.4) is 0 Å². The molecule has 0 spiro atoms. The van der Waals surface area contributed by atoms with Crippen molar-refractivity contribution >= 4 is 17.6 Å². The fourth-order valence-corrected chi connectivity index (χ4v) is 1.66. The second-order valence-corrected chi connectivity index (χ2v) is 4.17. The summed E-state index contributed by atoms with van der Waals surface area (Å²) in [5.74, 6) is -1.67. The molecule has 1 aromatic carbocycles. The van der Waals surface area contributed by atoms with Crippen LogP contribution in [0.25, 0.3) is 0 Å². The Labute approximate surface area is 114 Å². The van der Waals surface area contributed by atoms with Gasteiger partial charge in [-0.2, -0.15) is 0 Å². The Balaban J connectivity index is 2.30. The van der Waals surface area contributed by atoms with Crippen LogP contribution in [0.2, 0.25) is 0 Å². The van der Waals surface area contributed by atoms with E-state index in [1.807, 2.05) is 0 Å². The number of anilines is 1. The maximum Gasteiger partial charge on any atom is 0.337 e. The summed E-state index contributed by atoms with van der Waals surface area (Å²) in [6.45, 7) is 0. The number of carbonyl (C=O) groups excluding carboxylic acids is 1. The van der Waals surface area contributed by atoms with Crippen LogP contribution in [-0.4, -0.2) is 21.6 Å². The predicted octanol–water partition coefficient (Wildman–Crippen LogP) is 1.34. The maximum absolute atomic E-state index is 12.0. The van der Waals surface area contributed by atoms with Gasteiger partial charge in [-0.15, -0.1) is 0 Å². The minimum atomic E-state index is -1.13. The Bertz CT molecular complexity index is 734. The quantitative estimate of drug-likeness (QED) is 0.882. The Morgan fingerprint density at radius 3 is 2.55 bits per heavy atom. The number of carboxylic acid groups (broad SMARTS) is 1. The summed E-state index contributed by atoms with van der Waals surface area (Å²) in [6, 6.07) is 8.74. The minimum absolute atomic E-state index is 0.00955. The third-order valence-electron chi connectivity index (χ3n) is 2.77. The van der Waals surface area contributed by atoms with Crippen molar-refractivity contribution in [3.63, 3.8) is 0 Å². The smallest absolute Gasteiger partial charge is 0.337 e. The lowest BCUT2D eigenvalue weighted by molar-refractivity contribution is 0.0698. The number of rotatable bonds is 3. The first-order chi connectivity index (χ1) is 9.49. The summed E-state index contributed by atoms with van der Waals surface area (Å²) >= 11 is 0. The molecule has 0 fully saturated rings. The molecule has 20 heavy (non-hydrogen) atoms. The van der Waals surface area contributed by atoms with Crippen LogP contribution in [0.15, 0.2) is 47.4 Å². The summed E-state index contributed by atoms with van der Waals surface area (Å²) < 4.78 is 1.34. The van der Waals surface area contributed by atoms with E-state index in [-0.39, 0.29) is 22.4 Å². The van der Waals surface area contributed by atoms with Crippen molar-refractivity contribution in [3.05, 3.63) is 64.1 Å². The number of aryl methyl sites for hydroxylation is 1. The van der Waals surface area contributed by atoms with E-state index in [1.165, 1.54) is 35.0 Å². The highest BCUT2D eigenvalue weighted by molar-refractivity contribution is 6.07. The summed E-state index contributed by atoms with van der Waals surface area (Å²) in [7, 11) is 1.57. The van der Waals surface area contributed by atoms with E-state index in [2.05, 4.69) is 5.32 Å². The number of aromatic carboxylic acids is 1. The van der Waals surface area contributed by atoms with Gasteiger partial charge in [0.1, 0.15) is 0 Å². The Morgan fingerprint density at radius 2 is 1.90 bits per heavy atom. The number of aromatic nitrogens is 1. The molecule has 6 heteroatoms. The van der Waals surface area contributed by atoms with E-state index in [1.54, 1.807) is 19.2 Å². The van der Waals surface area contributed by atoms with Gasteiger partial charge in [-0.1, -0.05) is 12.1 Å². The molecule has 1 aromatic heterocycles. The normalized spacial score (nSPS) is 10.1. The average molecular weight is 272 g/mol. The predicted molar refractivity (Wildman–Crippen MR) is 73.0 cm³/mol. The lowest BCUT2D eigenvalue weighted by Gasteiger charge is -2.08. The van der Waals surface area contributed by atoms with Crippen molar-refractivity contribution in [1.82, 2.24) is 4.57 Å². The minimum Gasteiger partial charge on any atom is -0.478 e. The van der Waals surface area contributed by atoms with Crippen molar-refractivity contribution in [1.29, 1.82) is 0 Å². The molecule has 2 aromatic rings. The molecule has 0 saturated carbocycles. The number of carboxylic acids is 1. The van der Waals surface area contributed by atoms with Crippen molar-refractivity contribution in [2.24, 2.45) is 7.05 Å². The molecule has 0 aliphatic heterocycles. The van der Waals surface area contributed by atoms with Crippen LogP contribution in [0.1, 0.15) is 20.7 Å². The number of pyridine rings is 1. The van der Waals surface area contributed by atoms with E-state index in [9.17, 15) is 14.4 Å². The Morgan fingerprint density at radius 1 is 1.20 bits per heavy atom. The number of para-hydroxylation sites is 1. The van der Waals surface area contributed by atoms with Crippen LogP contribution >= 0.6 is 0 Å². The van der Waals surface area contributed by atoms with E-state index in [4.69, 9.17) is 5.11 Å². The standard InChI is InChI=1S/C14H12N2O4/c1-16-7-6-9(8-12(16)17)13(18)15-11-5-3-2-4-10(11)14(19)20/h2-8H,1H3,(H,15,18)(H,19,20). The van der Waals surface area contributed by atoms with Crippen LogP contribution in [-0.2, 0) is 7.05 Å². The molecule has 1 heterocycles. The Kier molecular flexibility index (Phi) is 3.65. The molecular weight excluding hydrogens is 260 g/mol. The van der Waals surface area contributed by atoms with E-state index in [0.717, 1.165) is 0 Å². The number of carbonyl (C=O) groups is 2. The Hall–Kier alpha value is -2.89. The van der Waals surface area contributed by atoms with Gasteiger partial charge in [0.2, 0.25) is 0 Å². The number of hydrogen-bond donors (Lipinski definition) is 2. The van der Waals surface area contributed by atoms with Crippen molar-refractivity contribution in [3.8, 4) is 0 Å². The molecular formula is C14H12N2O4. The summed E-state index contributed by atoms with van der Waals surface area (Å²) in [4.78, 5) is 34.5. The summed E-state index contributed by atoms with van der Waals surface area (Å²) in [5, 5.41) is 11.5. The second kappa shape index (κ2) is 5.40. The van der Waals surface area contributed by atoms with Gasteiger partial charge in [0, 0.05) is 24.9 Å². The zero-order chi connectivity index (χ0) is 14.7. The van der Waals surface area contributed by atoms with E-state index in [0.29, 0.717) is 0 Å². The number of nitrogens with one attached hydrogen (secondary N) is 1. The third kappa shape index (κ3) is 2.74. The maximum atomic E-state index is 12.0. The van der Waals surface area contributed by atoms with Crippen molar-refractivity contribution < 1.29 is 14.7 Å². The number of nitrogens with zero attached hydrogens (tertiary/aromatic N) is 1. The summed E-state index contributed by atoms with van der Waals surface area (Å²) in [5.41, 5.74) is 0.0350. The molecule has 0 saturated heterocycles. The van der Waals surface area contributed by atoms with Crippen LogP contribution in [0.4, 0.5) is 5.69 Å². The highest BCUT2D eigenvalue weighted by Crippen LogP contribution is 2.15. The molecule has 0 unspecified atom stereocenters. The molecule has 0 aliphatic rings. The fourth-order valence-electron chi connectivity index (χ4n) is 1.66. The van der Waals surface area contributed by atoms with Gasteiger partial charge in [0.25, 0.3) is 11.5 Å². The van der Waals surface area contributed by atoms with Gasteiger partial charge in [-0.3, -0.25) is 9.59 Å². The highest BCUT2D eigenvalue weighted by Gasteiger charge is 2.13. The number of amides is 1. The lowest BCUT2D eigenvalue weighted by atomic mass is 10.1.